The summed E-state index contributed by atoms with van der Waals surface area (Å²) in [5.74, 6) is 0.262. The Morgan fingerprint density at radius 3 is 2.64 bits per heavy atom. The number of benzene rings is 2. The fourth-order valence-corrected chi connectivity index (χ4v) is 3.50. The van der Waals surface area contributed by atoms with Gasteiger partial charge in [0.2, 0.25) is 10.5 Å². The summed E-state index contributed by atoms with van der Waals surface area (Å²) in [6, 6.07) is 13.6. The van der Waals surface area contributed by atoms with Crippen molar-refractivity contribution in [1.82, 2.24) is 0 Å². The lowest BCUT2D eigenvalue weighted by atomic mass is 10.2. The average Bonchev–Trinajstić information content (AvgIpc) is 2.77. The zero-order valence-corrected chi connectivity index (χ0v) is 13.9. The standard InChI is InChI=1S/C17H15ClNO2S/c1-11-19(10-13-3-5-14(18)6-4-13)16-9-15(21-12(2)20)7-8-17(16)22-11/h3-9H,10H2,1-2H3/q+1. The Labute approximate surface area is 137 Å². The van der Waals surface area contributed by atoms with Crippen LogP contribution in [0.15, 0.2) is 42.5 Å². The summed E-state index contributed by atoms with van der Waals surface area (Å²) in [5.41, 5.74) is 2.24. The van der Waals surface area contributed by atoms with Gasteiger partial charge in [-0.3, -0.25) is 4.79 Å². The summed E-state index contributed by atoms with van der Waals surface area (Å²) in [6.45, 7) is 4.25. The van der Waals surface area contributed by atoms with Crippen LogP contribution in [0.1, 0.15) is 17.5 Å². The largest absolute Gasteiger partial charge is 0.426 e. The van der Waals surface area contributed by atoms with Gasteiger partial charge in [-0.1, -0.05) is 35.1 Å². The molecule has 1 aromatic heterocycles. The fourth-order valence-electron chi connectivity index (χ4n) is 2.38. The number of nitrogens with zero attached hydrogens (tertiary/aromatic N) is 1. The molecule has 0 aliphatic heterocycles. The number of hydrogen-bond donors (Lipinski definition) is 0. The normalized spacial score (nSPS) is 10.9. The van der Waals surface area contributed by atoms with E-state index in [-0.39, 0.29) is 5.97 Å². The van der Waals surface area contributed by atoms with Gasteiger partial charge < -0.3 is 4.74 Å². The Morgan fingerprint density at radius 1 is 1.23 bits per heavy atom. The molecule has 0 fully saturated rings. The van der Waals surface area contributed by atoms with Gasteiger partial charge in [-0.05, 0) is 24.3 Å². The smallest absolute Gasteiger partial charge is 0.308 e. The molecule has 0 aliphatic rings. The Hall–Kier alpha value is -1.91. The van der Waals surface area contributed by atoms with Crippen LogP contribution in [0.2, 0.25) is 5.02 Å². The summed E-state index contributed by atoms with van der Waals surface area (Å²) in [5, 5.41) is 1.93. The lowest BCUT2D eigenvalue weighted by Crippen LogP contribution is -2.35. The van der Waals surface area contributed by atoms with E-state index in [4.69, 9.17) is 16.3 Å². The zero-order chi connectivity index (χ0) is 15.7. The van der Waals surface area contributed by atoms with Crippen molar-refractivity contribution in [2.45, 2.75) is 20.4 Å². The van der Waals surface area contributed by atoms with Gasteiger partial charge in [0.15, 0.2) is 6.54 Å². The van der Waals surface area contributed by atoms with Gasteiger partial charge >= 0.3 is 5.97 Å². The molecule has 0 unspecified atom stereocenters. The second-order valence-electron chi connectivity index (χ2n) is 5.06. The number of esters is 1. The maximum Gasteiger partial charge on any atom is 0.308 e. The first-order valence-electron chi connectivity index (χ1n) is 6.89. The lowest BCUT2D eigenvalue weighted by Gasteiger charge is -2.01. The summed E-state index contributed by atoms with van der Waals surface area (Å²) in [7, 11) is 0. The van der Waals surface area contributed by atoms with E-state index in [0.29, 0.717) is 5.75 Å². The van der Waals surface area contributed by atoms with E-state index in [1.54, 1.807) is 11.3 Å². The number of aryl methyl sites for hydroxylation is 1. The monoisotopic (exact) mass is 332 g/mol. The van der Waals surface area contributed by atoms with Crippen molar-refractivity contribution in [2.75, 3.05) is 0 Å². The number of rotatable bonds is 3. The summed E-state index contributed by atoms with van der Waals surface area (Å²) in [4.78, 5) is 11.1. The van der Waals surface area contributed by atoms with Crippen molar-refractivity contribution in [2.24, 2.45) is 0 Å². The quantitative estimate of drug-likeness (QED) is 0.410. The number of hydrogen-bond acceptors (Lipinski definition) is 3. The number of ether oxygens (including phenoxy) is 1. The molecular formula is C17H15ClNO2S+. The first kappa shape index (κ1) is 15.0. The van der Waals surface area contributed by atoms with Crippen LogP contribution in [0.5, 0.6) is 5.75 Å². The van der Waals surface area contributed by atoms with Crippen molar-refractivity contribution < 1.29 is 14.1 Å². The minimum absolute atomic E-state index is 0.310. The first-order valence-corrected chi connectivity index (χ1v) is 8.08. The van der Waals surface area contributed by atoms with Crippen LogP contribution in [-0.4, -0.2) is 5.97 Å². The molecule has 5 heteroatoms. The number of fused-ring (bicyclic) bond motifs is 1. The van der Waals surface area contributed by atoms with E-state index >= 15 is 0 Å². The van der Waals surface area contributed by atoms with Gasteiger partial charge in [0, 0.05) is 24.4 Å². The molecule has 22 heavy (non-hydrogen) atoms. The van der Waals surface area contributed by atoms with Crippen LogP contribution >= 0.6 is 22.9 Å². The fraction of sp³-hybridized carbons (Fsp3) is 0.176. The number of carbonyl (C=O) groups is 1. The van der Waals surface area contributed by atoms with Gasteiger partial charge in [0.05, 0.1) is 6.07 Å². The molecule has 112 valence electrons. The molecule has 0 radical (unpaired) electrons. The van der Waals surface area contributed by atoms with E-state index < -0.39 is 0 Å². The highest BCUT2D eigenvalue weighted by molar-refractivity contribution is 7.18. The molecular weight excluding hydrogens is 318 g/mol. The van der Waals surface area contributed by atoms with Gasteiger partial charge in [-0.25, -0.2) is 0 Å². The highest BCUT2D eigenvalue weighted by Gasteiger charge is 2.18. The molecule has 0 N–H and O–H groups in total. The molecule has 0 aliphatic carbocycles. The Morgan fingerprint density at radius 2 is 1.95 bits per heavy atom. The predicted octanol–water partition coefficient (Wildman–Crippen LogP) is 4.12. The number of aromatic nitrogens is 1. The molecule has 3 nitrogen and oxygen atoms in total. The maximum atomic E-state index is 11.1. The van der Waals surface area contributed by atoms with Gasteiger partial charge in [-0.2, -0.15) is 4.57 Å². The second-order valence-corrected chi connectivity index (χ2v) is 6.73. The van der Waals surface area contributed by atoms with Gasteiger partial charge in [0.1, 0.15) is 10.4 Å². The third-order valence-corrected chi connectivity index (χ3v) is 4.71. The third-order valence-electron chi connectivity index (χ3n) is 3.37. The molecule has 0 amide bonds. The van der Waals surface area contributed by atoms with E-state index in [2.05, 4.69) is 11.5 Å². The van der Waals surface area contributed by atoms with Crippen LogP contribution in [0.3, 0.4) is 0 Å². The highest BCUT2D eigenvalue weighted by Crippen LogP contribution is 2.25. The number of thiazole rings is 1. The summed E-state index contributed by atoms with van der Waals surface area (Å²) >= 11 is 7.66. The number of carbonyl (C=O) groups excluding carboxylic acids is 1. The second kappa shape index (κ2) is 6.07. The minimum Gasteiger partial charge on any atom is -0.426 e. The van der Waals surface area contributed by atoms with Crippen molar-refractivity contribution in [3.63, 3.8) is 0 Å². The maximum absolute atomic E-state index is 11.1. The SMILES string of the molecule is CC(=O)Oc1ccc2sc(C)[n+](Cc3ccc(Cl)cc3)c2c1. The zero-order valence-electron chi connectivity index (χ0n) is 12.3. The molecule has 0 atom stereocenters. The molecule has 0 spiro atoms. The van der Waals surface area contributed by atoms with Crippen molar-refractivity contribution in [1.29, 1.82) is 0 Å². The van der Waals surface area contributed by atoms with E-state index in [1.165, 1.54) is 22.2 Å². The summed E-state index contributed by atoms with van der Waals surface area (Å²) in [6.07, 6.45) is 0. The molecule has 0 bridgehead atoms. The molecule has 0 saturated heterocycles. The Bertz CT molecular complexity index is 840. The van der Waals surface area contributed by atoms with Crippen molar-refractivity contribution >= 4 is 39.1 Å². The third kappa shape index (κ3) is 3.13. The average molecular weight is 333 g/mol. The molecule has 1 heterocycles. The first-order chi connectivity index (χ1) is 10.5. The highest BCUT2D eigenvalue weighted by atomic mass is 35.5. The molecule has 0 saturated carbocycles. The predicted molar refractivity (Wildman–Crippen MR) is 88.6 cm³/mol. The Balaban J connectivity index is 2.01. The molecule has 3 aromatic rings. The van der Waals surface area contributed by atoms with E-state index in [9.17, 15) is 4.79 Å². The summed E-state index contributed by atoms with van der Waals surface area (Å²) < 4.78 is 8.57. The topological polar surface area (TPSA) is 30.2 Å². The van der Waals surface area contributed by atoms with Crippen LogP contribution in [0.4, 0.5) is 0 Å². The molecule has 2 aromatic carbocycles. The van der Waals surface area contributed by atoms with Gasteiger partial charge in [-0.15, -0.1) is 0 Å². The van der Waals surface area contributed by atoms with Crippen molar-refractivity contribution in [3.8, 4) is 5.75 Å². The van der Waals surface area contributed by atoms with Crippen LogP contribution < -0.4 is 9.30 Å². The molecule has 3 rings (SSSR count). The van der Waals surface area contributed by atoms with Crippen LogP contribution in [0, 0.1) is 6.92 Å². The van der Waals surface area contributed by atoms with Crippen LogP contribution in [-0.2, 0) is 11.3 Å². The van der Waals surface area contributed by atoms with E-state index in [0.717, 1.165) is 17.1 Å². The Kier molecular flexibility index (Phi) is 4.14. The van der Waals surface area contributed by atoms with Crippen LogP contribution in [0.25, 0.3) is 10.2 Å². The van der Waals surface area contributed by atoms with Gasteiger partial charge in [0.25, 0.3) is 0 Å². The van der Waals surface area contributed by atoms with Crippen molar-refractivity contribution in [3.05, 3.63) is 58.1 Å². The minimum atomic E-state index is -0.310. The van der Waals surface area contributed by atoms with E-state index in [1.807, 2.05) is 42.5 Å². The number of halogens is 1. The lowest BCUT2D eigenvalue weighted by molar-refractivity contribution is -0.664.